The van der Waals surface area contributed by atoms with E-state index in [9.17, 15) is 10.1 Å². The molecule has 0 saturated heterocycles. The van der Waals surface area contributed by atoms with Gasteiger partial charge in [-0.2, -0.15) is 5.26 Å². The van der Waals surface area contributed by atoms with E-state index in [1.54, 1.807) is 36.5 Å². The molecule has 0 saturated carbocycles. The zero-order valence-corrected chi connectivity index (χ0v) is 9.92. The van der Waals surface area contributed by atoms with Gasteiger partial charge >= 0.3 is 5.00 Å². The molecular formula is C12H7N3O2S. The van der Waals surface area contributed by atoms with Crippen LogP contribution < -0.4 is 0 Å². The maximum Gasteiger partial charge on any atom is 0.324 e. The second-order valence-corrected chi connectivity index (χ2v) is 4.44. The van der Waals surface area contributed by atoms with Crippen LogP contribution in [0.2, 0.25) is 0 Å². The molecule has 6 heteroatoms. The molecule has 0 spiro atoms. The predicted octanol–water partition coefficient (Wildman–Crippen LogP) is 3.28. The lowest BCUT2D eigenvalue weighted by atomic mass is 10.2. The van der Waals surface area contributed by atoms with Crippen molar-refractivity contribution >= 4 is 28.2 Å². The summed E-state index contributed by atoms with van der Waals surface area (Å²) in [6, 6.07) is 11.9. The Morgan fingerprint density at radius 2 is 2.00 bits per heavy atom. The number of nitriles is 1. The third-order valence-electron chi connectivity index (χ3n) is 2.13. The van der Waals surface area contributed by atoms with E-state index in [-0.39, 0.29) is 5.00 Å². The summed E-state index contributed by atoms with van der Waals surface area (Å²) in [4.78, 5) is 15.0. The van der Waals surface area contributed by atoms with E-state index < -0.39 is 4.92 Å². The van der Waals surface area contributed by atoms with Crippen molar-refractivity contribution in [3.05, 3.63) is 57.0 Å². The Balaban J connectivity index is 2.14. The number of aliphatic imine (C=N–C) groups is 1. The van der Waals surface area contributed by atoms with Crippen LogP contribution in [-0.4, -0.2) is 11.1 Å². The van der Waals surface area contributed by atoms with Gasteiger partial charge in [0.1, 0.15) is 0 Å². The molecule has 0 aliphatic heterocycles. The number of hydrogen-bond donors (Lipinski definition) is 0. The zero-order chi connectivity index (χ0) is 13.0. The van der Waals surface area contributed by atoms with Crippen molar-refractivity contribution in [1.82, 2.24) is 0 Å². The molecule has 0 N–H and O–H groups in total. The highest BCUT2D eigenvalue weighted by molar-refractivity contribution is 7.16. The number of nitrogens with zero attached hydrogens (tertiary/aromatic N) is 3. The van der Waals surface area contributed by atoms with Gasteiger partial charge in [0, 0.05) is 12.3 Å². The van der Waals surface area contributed by atoms with Gasteiger partial charge in [-0.15, -0.1) is 0 Å². The molecule has 0 unspecified atom stereocenters. The minimum absolute atomic E-state index is 0.0938. The highest BCUT2D eigenvalue weighted by atomic mass is 32.1. The van der Waals surface area contributed by atoms with Crippen molar-refractivity contribution in [2.24, 2.45) is 4.99 Å². The summed E-state index contributed by atoms with van der Waals surface area (Å²) in [5.74, 6) is 0. The van der Waals surface area contributed by atoms with Gasteiger partial charge in [-0.3, -0.25) is 15.1 Å². The molecule has 5 nitrogen and oxygen atoms in total. The topological polar surface area (TPSA) is 79.3 Å². The van der Waals surface area contributed by atoms with Gasteiger partial charge in [0.25, 0.3) is 0 Å². The normalized spacial score (nSPS) is 10.4. The Hall–Kier alpha value is -2.52. The average molecular weight is 257 g/mol. The van der Waals surface area contributed by atoms with E-state index in [0.717, 1.165) is 11.3 Å². The van der Waals surface area contributed by atoms with Crippen LogP contribution in [0.4, 0.5) is 10.7 Å². The van der Waals surface area contributed by atoms with Crippen molar-refractivity contribution in [2.45, 2.75) is 0 Å². The highest BCUT2D eigenvalue weighted by Gasteiger charge is 2.07. The molecule has 0 aliphatic rings. The van der Waals surface area contributed by atoms with Crippen LogP contribution in [-0.2, 0) is 0 Å². The summed E-state index contributed by atoms with van der Waals surface area (Å²) in [7, 11) is 0. The van der Waals surface area contributed by atoms with E-state index in [4.69, 9.17) is 5.26 Å². The van der Waals surface area contributed by atoms with Gasteiger partial charge in [0.2, 0.25) is 0 Å². The molecule has 2 aromatic rings. The van der Waals surface area contributed by atoms with E-state index in [2.05, 4.69) is 4.99 Å². The van der Waals surface area contributed by atoms with Gasteiger partial charge in [0.05, 0.1) is 27.1 Å². The van der Waals surface area contributed by atoms with E-state index in [1.807, 2.05) is 6.07 Å². The monoisotopic (exact) mass is 257 g/mol. The minimum atomic E-state index is -0.427. The summed E-state index contributed by atoms with van der Waals surface area (Å²) >= 11 is 1.07. The van der Waals surface area contributed by atoms with Gasteiger partial charge in [-0.05, 0) is 30.3 Å². The Bertz CT molecular complexity index is 638. The lowest BCUT2D eigenvalue weighted by Crippen LogP contribution is -1.80. The molecule has 0 amide bonds. The molecule has 0 atom stereocenters. The second-order valence-electron chi connectivity index (χ2n) is 3.35. The summed E-state index contributed by atoms with van der Waals surface area (Å²) in [6.45, 7) is 0. The number of hydrogen-bond acceptors (Lipinski definition) is 5. The van der Waals surface area contributed by atoms with Gasteiger partial charge in [-0.25, -0.2) is 0 Å². The largest absolute Gasteiger partial charge is 0.324 e. The van der Waals surface area contributed by atoms with Crippen LogP contribution in [0.25, 0.3) is 0 Å². The van der Waals surface area contributed by atoms with Gasteiger partial charge in [-0.1, -0.05) is 11.3 Å². The number of rotatable bonds is 3. The predicted molar refractivity (Wildman–Crippen MR) is 69.4 cm³/mol. The Morgan fingerprint density at radius 3 is 2.56 bits per heavy atom. The lowest BCUT2D eigenvalue weighted by Gasteiger charge is -1.92. The van der Waals surface area contributed by atoms with Crippen LogP contribution >= 0.6 is 11.3 Å². The van der Waals surface area contributed by atoms with Gasteiger partial charge in [0.15, 0.2) is 0 Å². The molecule has 2 rings (SSSR count). The first-order chi connectivity index (χ1) is 8.69. The fourth-order valence-corrected chi connectivity index (χ4v) is 1.96. The Kier molecular flexibility index (Phi) is 3.46. The third-order valence-corrected chi connectivity index (χ3v) is 3.10. The third kappa shape index (κ3) is 2.78. The number of nitro groups is 1. The molecule has 0 fully saturated rings. The van der Waals surface area contributed by atoms with Crippen molar-refractivity contribution < 1.29 is 4.92 Å². The quantitative estimate of drug-likeness (QED) is 0.480. The number of benzene rings is 1. The average Bonchev–Trinajstić information content (AvgIpc) is 2.86. The molecular weight excluding hydrogens is 250 g/mol. The van der Waals surface area contributed by atoms with Crippen molar-refractivity contribution in [2.75, 3.05) is 0 Å². The first-order valence-corrected chi connectivity index (χ1v) is 5.79. The molecule has 88 valence electrons. The molecule has 0 radical (unpaired) electrons. The van der Waals surface area contributed by atoms with Crippen molar-refractivity contribution in [3.63, 3.8) is 0 Å². The first kappa shape index (κ1) is 12.0. The summed E-state index contributed by atoms with van der Waals surface area (Å²) < 4.78 is 0. The van der Waals surface area contributed by atoms with E-state index in [1.165, 1.54) is 6.07 Å². The van der Waals surface area contributed by atoms with Crippen molar-refractivity contribution in [1.29, 1.82) is 5.26 Å². The first-order valence-electron chi connectivity index (χ1n) is 4.97. The highest BCUT2D eigenvalue weighted by Crippen LogP contribution is 2.23. The maximum absolute atomic E-state index is 10.5. The van der Waals surface area contributed by atoms with Crippen molar-refractivity contribution in [3.8, 4) is 6.07 Å². The molecule has 0 aliphatic carbocycles. The summed E-state index contributed by atoms with van der Waals surface area (Å²) in [5.41, 5.74) is 1.27. The smallest absolute Gasteiger partial charge is 0.258 e. The fraction of sp³-hybridized carbons (Fsp3) is 0. The van der Waals surface area contributed by atoms with Gasteiger partial charge < -0.3 is 0 Å². The fourth-order valence-electron chi connectivity index (χ4n) is 1.27. The Labute approximate surface area is 107 Å². The summed E-state index contributed by atoms with van der Waals surface area (Å²) in [6.07, 6.45) is 1.57. The Morgan fingerprint density at radius 1 is 1.28 bits per heavy atom. The number of thiophene rings is 1. The van der Waals surface area contributed by atoms with Crippen LogP contribution in [0.1, 0.15) is 10.4 Å². The second kappa shape index (κ2) is 5.21. The van der Waals surface area contributed by atoms with E-state index in [0.29, 0.717) is 16.1 Å². The van der Waals surface area contributed by atoms with E-state index >= 15 is 0 Å². The molecule has 18 heavy (non-hydrogen) atoms. The van der Waals surface area contributed by atoms with Crippen LogP contribution in [0.3, 0.4) is 0 Å². The maximum atomic E-state index is 10.5. The molecule has 1 aromatic heterocycles. The van der Waals surface area contributed by atoms with Crippen LogP contribution in [0.5, 0.6) is 0 Å². The zero-order valence-electron chi connectivity index (χ0n) is 9.11. The van der Waals surface area contributed by atoms with Crippen LogP contribution in [0, 0.1) is 21.4 Å². The lowest BCUT2D eigenvalue weighted by molar-refractivity contribution is -0.380. The SMILES string of the molecule is N#Cc1ccc(N=Cc2ccc([N+](=O)[O-])s2)cc1. The molecule has 1 aromatic carbocycles. The minimum Gasteiger partial charge on any atom is -0.258 e. The molecule has 0 bridgehead atoms. The van der Waals surface area contributed by atoms with Crippen LogP contribution in [0.15, 0.2) is 41.4 Å². The summed E-state index contributed by atoms with van der Waals surface area (Å²) in [5, 5.41) is 19.2. The standard InChI is InChI=1S/C12H7N3O2S/c13-7-9-1-3-10(4-2-9)14-8-11-5-6-12(18-11)15(16)17/h1-6,8H. The molecule has 1 heterocycles.